The number of hydrogen-bond acceptors (Lipinski definition) is 3. The van der Waals surface area contributed by atoms with E-state index in [2.05, 4.69) is 4.90 Å². The molecule has 2 atom stereocenters. The second-order valence-electron chi connectivity index (χ2n) is 5.86. The molecule has 4 nitrogen and oxygen atoms in total. The van der Waals surface area contributed by atoms with Crippen molar-refractivity contribution in [2.24, 2.45) is 17.8 Å². The Morgan fingerprint density at radius 1 is 1.06 bits per heavy atom. The van der Waals surface area contributed by atoms with Crippen LogP contribution in [-0.4, -0.2) is 48.3 Å². The summed E-state index contributed by atoms with van der Waals surface area (Å²) in [7, 11) is 0. The molecule has 3 aliphatic rings. The van der Waals surface area contributed by atoms with E-state index in [1.807, 2.05) is 0 Å². The number of rotatable bonds is 2. The normalized spacial score (nSPS) is 42.6. The number of fused-ring (bicyclic) bond motifs is 1. The third kappa shape index (κ3) is 2.20. The Morgan fingerprint density at radius 3 is 2.18 bits per heavy atom. The highest BCUT2D eigenvalue weighted by Gasteiger charge is 2.40. The van der Waals surface area contributed by atoms with E-state index in [4.69, 9.17) is 9.84 Å². The SMILES string of the molecule is O=C(O)C1CCC(N2C[C@H]3COC[C@@H]3C2)CC1. The van der Waals surface area contributed by atoms with Crippen LogP contribution in [0, 0.1) is 17.8 Å². The third-order valence-electron chi connectivity index (χ3n) is 4.83. The van der Waals surface area contributed by atoms with Gasteiger partial charge in [0.1, 0.15) is 0 Å². The Balaban J connectivity index is 1.52. The van der Waals surface area contributed by atoms with Crippen LogP contribution >= 0.6 is 0 Å². The first-order valence-corrected chi connectivity index (χ1v) is 6.78. The molecule has 0 amide bonds. The van der Waals surface area contributed by atoms with Gasteiger partial charge in [0.25, 0.3) is 0 Å². The average Bonchev–Trinajstić information content (AvgIpc) is 2.89. The van der Waals surface area contributed by atoms with Gasteiger partial charge in [0, 0.05) is 31.0 Å². The molecule has 0 unspecified atom stereocenters. The van der Waals surface area contributed by atoms with Crippen LogP contribution in [0.3, 0.4) is 0 Å². The van der Waals surface area contributed by atoms with Crippen molar-refractivity contribution >= 4 is 5.97 Å². The van der Waals surface area contributed by atoms with Crippen LogP contribution in [0.25, 0.3) is 0 Å². The molecule has 1 N–H and O–H groups in total. The van der Waals surface area contributed by atoms with Gasteiger partial charge in [-0.2, -0.15) is 0 Å². The first-order valence-electron chi connectivity index (χ1n) is 6.78. The minimum absolute atomic E-state index is 0.0864. The zero-order valence-corrected chi connectivity index (χ0v) is 10.2. The standard InChI is InChI=1S/C13H21NO3/c15-13(16)9-1-3-12(4-2-9)14-5-10-7-17-8-11(10)6-14/h9-12H,1-8H2,(H,15,16)/t9?,10-,11-,12?/m0/s1. The molecule has 2 saturated heterocycles. The maximum absolute atomic E-state index is 10.9. The molecule has 0 aromatic rings. The third-order valence-corrected chi connectivity index (χ3v) is 4.83. The molecule has 1 aliphatic carbocycles. The minimum Gasteiger partial charge on any atom is -0.481 e. The molecular weight excluding hydrogens is 218 g/mol. The number of likely N-dealkylation sites (tertiary alicyclic amines) is 1. The minimum atomic E-state index is -0.602. The summed E-state index contributed by atoms with van der Waals surface area (Å²) in [5.74, 6) is 0.797. The van der Waals surface area contributed by atoms with Crippen LogP contribution in [0.5, 0.6) is 0 Å². The smallest absolute Gasteiger partial charge is 0.306 e. The summed E-state index contributed by atoms with van der Waals surface area (Å²) < 4.78 is 5.49. The summed E-state index contributed by atoms with van der Waals surface area (Å²) in [5, 5.41) is 8.99. The molecule has 96 valence electrons. The number of ether oxygens (including phenoxy) is 1. The monoisotopic (exact) mass is 239 g/mol. The van der Waals surface area contributed by atoms with Crippen molar-refractivity contribution in [2.75, 3.05) is 26.3 Å². The van der Waals surface area contributed by atoms with Crippen molar-refractivity contribution < 1.29 is 14.6 Å². The van der Waals surface area contributed by atoms with Crippen molar-refractivity contribution in [1.82, 2.24) is 4.90 Å². The second-order valence-corrected chi connectivity index (χ2v) is 5.86. The zero-order valence-electron chi connectivity index (χ0n) is 10.2. The van der Waals surface area contributed by atoms with Crippen molar-refractivity contribution in [3.8, 4) is 0 Å². The summed E-state index contributed by atoms with van der Waals surface area (Å²) in [6.45, 7) is 4.22. The van der Waals surface area contributed by atoms with Gasteiger partial charge in [0.05, 0.1) is 19.1 Å². The molecule has 0 radical (unpaired) electrons. The van der Waals surface area contributed by atoms with E-state index in [1.165, 1.54) is 13.1 Å². The van der Waals surface area contributed by atoms with Gasteiger partial charge in [-0.05, 0) is 25.7 Å². The lowest BCUT2D eigenvalue weighted by Crippen LogP contribution is -2.38. The first-order chi connectivity index (χ1) is 8.24. The van der Waals surface area contributed by atoms with Crippen LogP contribution in [0.2, 0.25) is 0 Å². The van der Waals surface area contributed by atoms with E-state index < -0.39 is 5.97 Å². The summed E-state index contributed by atoms with van der Waals surface area (Å²) >= 11 is 0. The van der Waals surface area contributed by atoms with Gasteiger partial charge in [-0.1, -0.05) is 0 Å². The lowest BCUT2D eigenvalue weighted by Gasteiger charge is -2.33. The zero-order chi connectivity index (χ0) is 11.8. The van der Waals surface area contributed by atoms with Crippen molar-refractivity contribution in [3.05, 3.63) is 0 Å². The van der Waals surface area contributed by atoms with Crippen molar-refractivity contribution in [1.29, 1.82) is 0 Å². The molecule has 3 rings (SSSR count). The van der Waals surface area contributed by atoms with Crippen molar-refractivity contribution in [2.45, 2.75) is 31.7 Å². The van der Waals surface area contributed by atoms with Gasteiger partial charge < -0.3 is 9.84 Å². The number of nitrogens with zero attached hydrogens (tertiary/aromatic N) is 1. The van der Waals surface area contributed by atoms with E-state index in [-0.39, 0.29) is 5.92 Å². The molecular formula is C13H21NO3. The largest absolute Gasteiger partial charge is 0.481 e. The molecule has 17 heavy (non-hydrogen) atoms. The summed E-state index contributed by atoms with van der Waals surface area (Å²) in [4.78, 5) is 13.5. The first kappa shape index (κ1) is 11.5. The molecule has 1 saturated carbocycles. The second kappa shape index (κ2) is 4.58. The number of carboxylic acid groups (broad SMARTS) is 1. The van der Waals surface area contributed by atoms with Crippen molar-refractivity contribution in [3.63, 3.8) is 0 Å². The van der Waals surface area contributed by atoms with E-state index >= 15 is 0 Å². The van der Waals surface area contributed by atoms with Crippen LogP contribution < -0.4 is 0 Å². The molecule has 0 bridgehead atoms. The molecule has 0 spiro atoms. The fourth-order valence-electron chi connectivity index (χ4n) is 3.71. The van der Waals surface area contributed by atoms with Crippen LogP contribution in [-0.2, 0) is 9.53 Å². The van der Waals surface area contributed by atoms with Crippen LogP contribution in [0.15, 0.2) is 0 Å². The van der Waals surface area contributed by atoms with Gasteiger partial charge in [0.15, 0.2) is 0 Å². The van der Waals surface area contributed by atoms with Gasteiger partial charge >= 0.3 is 5.97 Å². The maximum atomic E-state index is 10.9. The fourth-order valence-corrected chi connectivity index (χ4v) is 3.71. The highest BCUT2D eigenvalue weighted by molar-refractivity contribution is 5.70. The van der Waals surface area contributed by atoms with E-state index in [9.17, 15) is 4.79 Å². The molecule has 0 aromatic heterocycles. The Hall–Kier alpha value is -0.610. The number of aliphatic carboxylic acids is 1. The summed E-state index contributed by atoms with van der Waals surface area (Å²) in [6, 6.07) is 0.635. The molecule has 2 aliphatic heterocycles. The highest BCUT2D eigenvalue weighted by atomic mass is 16.5. The number of carbonyl (C=O) groups is 1. The van der Waals surface area contributed by atoms with E-state index in [0.29, 0.717) is 6.04 Å². The molecule has 3 fully saturated rings. The van der Waals surface area contributed by atoms with Gasteiger partial charge in [-0.15, -0.1) is 0 Å². The Bertz CT molecular complexity index is 287. The Kier molecular flexibility index (Phi) is 3.09. The Morgan fingerprint density at radius 2 is 1.65 bits per heavy atom. The molecule has 4 heteroatoms. The highest BCUT2D eigenvalue weighted by Crippen LogP contribution is 2.35. The van der Waals surface area contributed by atoms with Crippen LogP contribution in [0.4, 0.5) is 0 Å². The fraction of sp³-hybridized carbons (Fsp3) is 0.923. The predicted octanol–water partition coefficient (Wildman–Crippen LogP) is 1.21. The number of carboxylic acids is 1. The lowest BCUT2D eigenvalue weighted by atomic mass is 9.85. The quantitative estimate of drug-likeness (QED) is 0.787. The van der Waals surface area contributed by atoms with Crippen LogP contribution in [0.1, 0.15) is 25.7 Å². The summed E-state index contributed by atoms with van der Waals surface area (Å²) in [6.07, 6.45) is 3.86. The number of hydrogen-bond donors (Lipinski definition) is 1. The predicted molar refractivity (Wildman–Crippen MR) is 62.8 cm³/mol. The maximum Gasteiger partial charge on any atom is 0.306 e. The average molecular weight is 239 g/mol. The topological polar surface area (TPSA) is 49.8 Å². The molecule has 2 heterocycles. The van der Waals surface area contributed by atoms with Gasteiger partial charge in [-0.3, -0.25) is 9.69 Å². The van der Waals surface area contributed by atoms with Gasteiger partial charge in [0.2, 0.25) is 0 Å². The molecule has 0 aromatic carbocycles. The van der Waals surface area contributed by atoms with E-state index in [1.54, 1.807) is 0 Å². The summed E-state index contributed by atoms with van der Waals surface area (Å²) in [5.41, 5.74) is 0. The lowest BCUT2D eigenvalue weighted by molar-refractivity contribution is -0.143. The van der Waals surface area contributed by atoms with E-state index in [0.717, 1.165) is 50.7 Å². The Labute approximate surface area is 102 Å². The van der Waals surface area contributed by atoms with Gasteiger partial charge in [-0.25, -0.2) is 0 Å².